The molecule has 2 aromatic rings. The van der Waals surface area contributed by atoms with Crippen molar-refractivity contribution in [3.8, 4) is 0 Å². The molecular weight excluding hydrogens is 318 g/mol. The van der Waals surface area contributed by atoms with Crippen LogP contribution in [0.25, 0.3) is 0 Å². The molecule has 0 N–H and O–H groups in total. The van der Waals surface area contributed by atoms with Gasteiger partial charge in [0.2, 0.25) is 11.8 Å². The van der Waals surface area contributed by atoms with E-state index in [9.17, 15) is 4.79 Å². The van der Waals surface area contributed by atoms with Gasteiger partial charge in [0, 0.05) is 32.4 Å². The average Bonchev–Trinajstić information content (AvgIpc) is 3.10. The van der Waals surface area contributed by atoms with Crippen molar-refractivity contribution >= 4 is 5.91 Å². The third-order valence-corrected chi connectivity index (χ3v) is 4.58. The van der Waals surface area contributed by atoms with E-state index in [1.54, 1.807) is 18.1 Å². The van der Waals surface area contributed by atoms with Crippen LogP contribution in [0.5, 0.6) is 0 Å². The fourth-order valence-electron chi connectivity index (χ4n) is 3.22. The lowest BCUT2D eigenvalue weighted by atomic mass is 10.00. The number of aromatic nitrogens is 3. The Hall–Kier alpha value is -2.28. The van der Waals surface area contributed by atoms with Gasteiger partial charge in [0.1, 0.15) is 0 Å². The van der Waals surface area contributed by atoms with Crippen LogP contribution >= 0.6 is 0 Å². The number of pyridine rings is 1. The topological polar surface area (TPSA) is 75.4 Å². The quantitative estimate of drug-likeness (QED) is 0.799. The summed E-state index contributed by atoms with van der Waals surface area (Å²) in [5.74, 6) is 1.27. The van der Waals surface area contributed by atoms with Crippen LogP contribution in [0, 0.1) is 0 Å². The molecule has 2 aromatic heterocycles. The Labute approximate surface area is 148 Å². The molecule has 3 heterocycles. The maximum Gasteiger partial charge on any atom is 0.246 e. The molecule has 1 aliphatic heterocycles. The molecule has 7 nitrogen and oxygen atoms in total. The molecule has 1 atom stereocenters. The van der Waals surface area contributed by atoms with Crippen LogP contribution in [0.15, 0.2) is 29.0 Å². The minimum atomic E-state index is -0.104. The Bertz CT molecular complexity index is 688. The number of nitrogens with zero attached hydrogens (tertiary/aromatic N) is 5. The number of hydrogen-bond donors (Lipinski definition) is 0. The molecule has 0 saturated carbocycles. The summed E-state index contributed by atoms with van der Waals surface area (Å²) in [5, 5.41) is 3.89. The highest BCUT2D eigenvalue weighted by molar-refractivity contribution is 5.81. The van der Waals surface area contributed by atoms with Gasteiger partial charge in [-0.1, -0.05) is 24.6 Å². The van der Waals surface area contributed by atoms with Crippen molar-refractivity contribution in [1.82, 2.24) is 24.9 Å². The van der Waals surface area contributed by atoms with Crippen molar-refractivity contribution in [3.05, 3.63) is 41.8 Å². The Morgan fingerprint density at radius 2 is 2.32 bits per heavy atom. The molecule has 0 radical (unpaired) electrons. The molecule has 1 saturated heterocycles. The number of likely N-dealkylation sites (tertiary alicyclic amines) is 1. The lowest BCUT2D eigenvalue weighted by Crippen LogP contribution is -2.49. The van der Waals surface area contributed by atoms with E-state index in [4.69, 9.17) is 4.52 Å². The first-order valence-corrected chi connectivity index (χ1v) is 8.86. The molecule has 1 fully saturated rings. The highest BCUT2D eigenvalue weighted by Gasteiger charge is 2.31. The van der Waals surface area contributed by atoms with Gasteiger partial charge in [-0.25, -0.2) is 0 Å². The summed E-state index contributed by atoms with van der Waals surface area (Å²) in [6.07, 6.45) is 7.44. The van der Waals surface area contributed by atoms with Crippen molar-refractivity contribution in [2.24, 2.45) is 0 Å². The maximum absolute atomic E-state index is 13.0. The van der Waals surface area contributed by atoms with Crippen LogP contribution in [-0.2, 0) is 24.3 Å². The third kappa shape index (κ3) is 4.42. The Balaban J connectivity index is 1.65. The molecule has 0 bridgehead atoms. The predicted molar refractivity (Wildman–Crippen MR) is 92.4 cm³/mol. The number of carbonyl (C=O) groups is 1. The summed E-state index contributed by atoms with van der Waals surface area (Å²) in [6, 6.07) is 3.88. The molecule has 7 heteroatoms. The predicted octanol–water partition coefficient (Wildman–Crippen LogP) is 2.04. The van der Waals surface area contributed by atoms with Crippen LogP contribution in [0.3, 0.4) is 0 Å². The Morgan fingerprint density at radius 3 is 3.04 bits per heavy atom. The fraction of sp³-hybridized carbons (Fsp3) is 0.556. The number of rotatable bonds is 6. The zero-order valence-electron chi connectivity index (χ0n) is 14.9. The van der Waals surface area contributed by atoms with Crippen LogP contribution in [0.1, 0.15) is 43.5 Å². The van der Waals surface area contributed by atoms with Gasteiger partial charge in [-0.15, -0.1) is 0 Å². The molecule has 0 aliphatic carbocycles. The van der Waals surface area contributed by atoms with E-state index in [0.717, 1.165) is 44.3 Å². The van der Waals surface area contributed by atoms with Gasteiger partial charge < -0.3 is 9.42 Å². The van der Waals surface area contributed by atoms with Gasteiger partial charge >= 0.3 is 0 Å². The van der Waals surface area contributed by atoms with Crippen LogP contribution < -0.4 is 0 Å². The standard InChI is InChI=1S/C18H25N5O2/c1-3-16-20-17(25-21-16)13-22(2)18(24)15-8-4-5-10-23(15)12-14-7-6-9-19-11-14/h6-7,9,11,15H,3-5,8,10,12-13H2,1-2H3/t15-/m1/s1. The Kier molecular flexibility index (Phi) is 5.75. The van der Waals surface area contributed by atoms with E-state index in [-0.39, 0.29) is 11.9 Å². The molecule has 3 rings (SSSR count). The van der Waals surface area contributed by atoms with Crippen LogP contribution in [0.4, 0.5) is 0 Å². The van der Waals surface area contributed by atoms with E-state index < -0.39 is 0 Å². The second-order valence-electron chi connectivity index (χ2n) is 6.50. The minimum Gasteiger partial charge on any atom is -0.337 e. The maximum atomic E-state index is 13.0. The SMILES string of the molecule is CCc1noc(CN(C)C(=O)[C@H]2CCCCN2Cc2cccnc2)n1. The summed E-state index contributed by atoms with van der Waals surface area (Å²) in [6.45, 7) is 4.00. The highest BCUT2D eigenvalue weighted by atomic mass is 16.5. The minimum absolute atomic E-state index is 0.104. The number of aryl methyl sites for hydroxylation is 1. The van der Waals surface area contributed by atoms with E-state index in [1.807, 2.05) is 19.2 Å². The smallest absolute Gasteiger partial charge is 0.246 e. The molecule has 0 spiro atoms. The summed E-state index contributed by atoms with van der Waals surface area (Å²) in [5.41, 5.74) is 1.13. The summed E-state index contributed by atoms with van der Waals surface area (Å²) in [4.78, 5) is 25.4. The van der Waals surface area contributed by atoms with Crippen molar-refractivity contribution in [3.63, 3.8) is 0 Å². The number of amides is 1. The molecule has 0 aromatic carbocycles. The zero-order valence-corrected chi connectivity index (χ0v) is 14.9. The first-order chi connectivity index (χ1) is 12.2. The van der Waals surface area contributed by atoms with E-state index in [2.05, 4.69) is 26.1 Å². The molecule has 134 valence electrons. The molecule has 0 unspecified atom stereocenters. The van der Waals surface area contributed by atoms with Crippen molar-refractivity contribution < 1.29 is 9.32 Å². The summed E-state index contributed by atoms with van der Waals surface area (Å²) in [7, 11) is 1.80. The second kappa shape index (κ2) is 8.20. The van der Waals surface area contributed by atoms with Gasteiger partial charge in [0.05, 0.1) is 12.6 Å². The lowest BCUT2D eigenvalue weighted by molar-refractivity contribution is -0.138. The highest BCUT2D eigenvalue weighted by Crippen LogP contribution is 2.21. The Morgan fingerprint density at radius 1 is 1.44 bits per heavy atom. The first-order valence-electron chi connectivity index (χ1n) is 8.86. The van der Waals surface area contributed by atoms with Gasteiger partial charge in [-0.2, -0.15) is 4.98 Å². The van der Waals surface area contributed by atoms with Crippen molar-refractivity contribution in [1.29, 1.82) is 0 Å². The van der Waals surface area contributed by atoms with Crippen molar-refractivity contribution in [2.75, 3.05) is 13.6 Å². The van der Waals surface area contributed by atoms with E-state index in [0.29, 0.717) is 18.3 Å². The molecule has 1 aliphatic rings. The largest absolute Gasteiger partial charge is 0.337 e. The average molecular weight is 343 g/mol. The third-order valence-electron chi connectivity index (χ3n) is 4.58. The monoisotopic (exact) mass is 343 g/mol. The number of piperidine rings is 1. The van der Waals surface area contributed by atoms with Crippen LogP contribution in [-0.4, -0.2) is 50.5 Å². The zero-order chi connectivity index (χ0) is 17.6. The number of carbonyl (C=O) groups excluding carboxylic acids is 1. The molecule has 25 heavy (non-hydrogen) atoms. The molecular formula is C18H25N5O2. The normalized spacial score (nSPS) is 18.2. The summed E-state index contributed by atoms with van der Waals surface area (Å²) >= 11 is 0. The van der Waals surface area contributed by atoms with Crippen LogP contribution in [0.2, 0.25) is 0 Å². The first kappa shape index (κ1) is 17.5. The van der Waals surface area contributed by atoms with Gasteiger partial charge in [-0.05, 0) is 31.0 Å². The second-order valence-corrected chi connectivity index (χ2v) is 6.50. The van der Waals surface area contributed by atoms with Gasteiger partial charge in [-0.3, -0.25) is 14.7 Å². The summed E-state index contributed by atoms with van der Waals surface area (Å²) < 4.78 is 5.21. The molecule has 1 amide bonds. The van der Waals surface area contributed by atoms with Gasteiger partial charge in [0.25, 0.3) is 0 Å². The number of likely N-dealkylation sites (N-methyl/N-ethyl adjacent to an activating group) is 1. The lowest BCUT2D eigenvalue weighted by Gasteiger charge is -2.36. The number of hydrogen-bond acceptors (Lipinski definition) is 6. The van der Waals surface area contributed by atoms with E-state index >= 15 is 0 Å². The van der Waals surface area contributed by atoms with Gasteiger partial charge in [0.15, 0.2) is 5.82 Å². The van der Waals surface area contributed by atoms with Crippen molar-refractivity contribution in [2.45, 2.75) is 51.7 Å². The van der Waals surface area contributed by atoms with E-state index in [1.165, 1.54) is 0 Å². The fourth-order valence-corrected chi connectivity index (χ4v) is 3.22.